The van der Waals surface area contributed by atoms with Crippen molar-refractivity contribution < 1.29 is 24.5 Å². The van der Waals surface area contributed by atoms with Crippen molar-refractivity contribution in [2.45, 2.75) is 424 Å². The van der Waals surface area contributed by atoms with E-state index in [4.69, 9.17) is 4.74 Å². The monoisotopic (exact) mass is 1130 g/mol. The second-order valence-electron chi connectivity index (χ2n) is 25.3. The van der Waals surface area contributed by atoms with Crippen molar-refractivity contribution in [2.24, 2.45) is 0 Å². The summed E-state index contributed by atoms with van der Waals surface area (Å²) in [6.07, 6.45) is 88.1. The van der Waals surface area contributed by atoms with Gasteiger partial charge in [0.05, 0.1) is 25.4 Å². The molecule has 0 radical (unpaired) electrons. The lowest BCUT2D eigenvalue weighted by atomic mass is 10.0. The highest BCUT2D eigenvalue weighted by Gasteiger charge is 2.20. The lowest BCUT2D eigenvalue weighted by Crippen LogP contribution is -2.45. The number of ether oxygens (including phenoxy) is 1. The minimum atomic E-state index is -0.664. The third kappa shape index (κ3) is 65.5. The Morgan fingerprint density at radius 1 is 0.350 bits per heavy atom. The third-order valence-corrected chi connectivity index (χ3v) is 17.2. The average Bonchev–Trinajstić information content (AvgIpc) is 3.46. The molecule has 2 unspecified atom stereocenters. The smallest absolute Gasteiger partial charge is 0.305 e. The highest BCUT2D eigenvalue weighted by atomic mass is 16.5. The lowest BCUT2D eigenvalue weighted by Gasteiger charge is -2.22. The molecule has 2 atom stereocenters. The summed E-state index contributed by atoms with van der Waals surface area (Å²) in [4.78, 5) is 24.6. The van der Waals surface area contributed by atoms with Gasteiger partial charge >= 0.3 is 5.97 Å². The molecule has 0 aromatic carbocycles. The first-order chi connectivity index (χ1) is 39.5. The zero-order valence-corrected chi connectivity index (χ0v) is 54.3. The van der Waals surface area contributed by atoms with E-state index in [1.807, 2.05) is 0 Å². The van der Waals surface area contributed by atoms with Crippen LogP contribution in [-0.2, 0) is 14.3 Å². The molecule has 0 saturated heterocycles. The Morgan fingerprint density at radius 3 is 1.00 bits per heavy atom. The normalized spacial score (nSPS) is 12.6. The van der Waals surface area contributed by atoms with Crippen LogP contribution in [-0.4, -0.2) is 47.4 Å². The van der Waals surface area contributed by atoms with Crippen molar-refractivity contribution in [1.29, 1.82) is 0 Å². The summed E-state index contributed by atoms with van der Waals surface area (Å²) < 4.78 is 5.48. The van der Waals surface area contributed by atoms with E-state index >= 15 is 0 Å². The van der Waals surface area contributed by atoms with Gasteiger partial charge in [-0.3, -0.25) is 9.59 Å². The highest BCUT2D eigenvalue weighted by Crippen LogP contribution is 2.20. The van der Waals surface area contributed by atoms with Crippen LogP contribution in [0, 0.1) is 0 Å². The summed E-state index contributed by atoms with van der Waals surface area (Å²) in [6.45, 7) is 4.93. The minimum Gasteiger partial charge on any atom is -0.466 e. The minimum absolute atomic E-state index is 0.00351. The number of amides is 1. The van der Waals surface area contributed by atoms with Gasteiger partial charge in [0.15, 0.2) is 0 Å². The van der Waals surface area contributed by atoms with Crippen molar-refractivity contribution in [2.75, 3.05) is 13.2 Å². The molecular formula is C74H143NO5. The highest BCUT2D eigenvalue weighted by molar-refractivity contribution is 5.76. The fourth-order valence-corrected chi connectivity index (χ4v) is 11.7. The number of allylic oxidation sites excluding steroid dienone is 4. The Hall–Kier alpha value is -1.66. The largest absolute Gasteiger partial charge is 0.466 e. The summed E-state index contributed by atoms with van der Waals surface area (Å²) in [5.41, 5.74) is 0. The van der Waals surface area contributed by atoms with Crippen molar-refractivity contribution >= 4 is 11.9 Å². The molecule has 0 aliphatic heterocycles. The van der Waals surface area contributed by atoms with Crippen LogP contribution in [0.25, 0.3) is 0 Å². The third-order valence-electron chi connectivity index (χ3n) is 17.2. The van der Waals surface area contributed by atoms with Gasteiger partial charge in [-0.15, -0.1) is 0 Å². The number of rotatable bonds is 69. The predicted octanol–water partition coefficient (Wildman–Crippen LogP) is 23.7. The molecule has 0 heterocycles. The summed E-state index contributed by atoms with van der Waals surface area (Å²) in [5, 5.41) is 23.5. The number of aliphatic hydroxyl groups excluding tert-OH is 2. The van der Waals surface area contributed by atoms with Gasteiger partial charge in [-0.2, -0.15) is 0 Å². The number of hydrogen-bond acceptors (Lipinski definition) is 5. The van der Waals surface area contributed by atoms with E-state index in [-0.39, 0.29) is 18.5 Å². The van der Waals surface area contributed by atoms with Crippen LogP contribution >= 0.6 is 0 Å². The van der Waals surface area contributed by atoms with Crippen LogP contribution in [0.1, 0.15) is 412 Å². The molecule has 0 saturated carbocycles. The second kappa shape index (κ2) is 69.8. The molecule has 0 aliphatic carbocycles. The first-order valence-corrected chi connectivity index (χ1v) is 36.6. The molecule has 3 N–H and O–H groups in total. The van der Waals surface area contributed by atoms with Gasteiger partial charge in [0.1, 0.15) is 0 Å². The first-order valence-electron chi connectivity index (χ1n) is 36.6. The van der Waals surface area contributed by atoms with E-state index in [2.05, 4.69) is 43.5 Å². The standard InChI is InChI=1S/C74H143NO5/c1-3-5-7-9-11-13-15-17-18-19-20-21-27-30-33-36-39-43-46-50-54-58-62-66-72(77)71(70-76)75-73(78)67-63-59-55-51-47-44-40-37-34-31-28-25-23-22-24-26-29-32-35-38-41-45-49-53-57-61-65-69-80-74(79)68-64-60-56-52-48-42-16-14-12-10-8-6-4-2/h8,10,14,16,71-72,76-77H,3-7,9,11-13,15,17-70H2,1-2H3,(H,75,78)/b10-8-,16-14-. The molecule has 1 amide bonds. The number of carbonyl (C=O) groups is 2. The molecule has 0 fully saturated rings. The molecule has 474 valence electrons. The predicted molar refractivity (Wildman–Crippen MR) is 352 cm³/mol. The van der Waals surface area contributed by atoms with Crippen molar-refractivity contribution in [3.8, 4) is 0 Å². The lowest BCUT2D eigenvalue weighted by molar-refractivity contribution is -0.143. The van der Waals surface area contributed by atoms with Crippen molar-refractivity contribution in [3.05, 3.63) is 24.3 Å². The fourth-order valence-electron chi connectivity index (χ4n) is 11.7. The number of unbranched alkanes of at least 4 members (excludes halogenated alkanes) is 54. The summed E-state index contributed by atoms with van der Waals surface area (Å²) in [5.74, 6) is -0.0237. The van der Waals surface area contributed by atoms with Gasteiger partial charge < -0.3 is 20.3 Å². The van der Waals surface area contributed by atoms with E-state index in [1.54, 1.807) is 0 Å². The van der Waals surface area contributed by atoms with Crippen LogP contribution in [0.4, 0.5) is 0 Å². The molecular weight excluding hydrogens is 983 g/mol. The van der Waals surface area contributed by atoms with E-state index in [1.165, 1.54) is 327 Å². The maximum atomic E-state index is 12.6. The number of nitrogens with one attached hydrogen (secondary N) is 1. The molecule has 6 nitrogen and oxygen atoms in total. The van der Waals surface area contributed by atoms with Gasteiger partial charge in [0.25, 0.3) is 0 Å². The zero-order valence-electron chi connectivity index (χ0n) is 54.3. The summed E-state index contributed by atoms with van der Waals surface area (Å²) >= 11 is 0. The molecule has 0 rings (SSSR count). The van der Waals surface area contributed by atoms with Gasteiger partial charge in [-0.1, -0.05) is 372 Å². The van der Waals surface area contributed by atoms with E-state index in [0.29, 0.717) is 25.9 Å². The molecule has 80 heavy (non-hydrogen) atoms. The van der Waals surface area contributed by atoms with Crippen LogP contribution in [0.2, 0.25) is 0 Å². The van der Waals surface area contributed by atoms with E-state index in [0.717, 1.165) is 51.4 Å². The topological polar surface area (TPSA) is 95.9 Å². The van der Waals surface area contributed by atoms with Gasteiger partial charge in [0.2, 0.25) is 5.91 Å². The van der Waals surface area contributed by atoms with Crippen molar-refractivity contribution in [3.63, 3.8) is 0 Å². The SMILES string of the molecule is CCC/C=C\C/C=C\CCCCCCCC(=O)OCCCCCCCCCCCCCCCCCCCCCCCCCCCCCC(=O)NC(CO)C(O)CCCCCCCCCCCCCCCCCCCCCCCCC. The molecule has 0 spiro atoms. The number of carbonyl (C=O) groups excluding carboxylic acids is 2. The second-order valence-corrected chi connectivity index (χ2v) is 25.3. The van der Waals surface area contributed by atoms with Gasteiger partial charge in [-0.25, -0.2) is 0 Å². The Bertz CT molecular complexity index is 1250. The number of hydrogen-bond donors (Lipinski definition) is 3. The number of aliphatic hydroxyl groups is 2. The Kier molecular flexibility index (Phi) is 68.4. The van der Waals surface area contributed by atoms with Crippen LogP contribution in [0.5, 0.6) is 0 Å². The molecule has 0 aliphatic rings. The first kappa shape index (κ1) is 78.3. The summed E-state index contributed by atoms with van der Waals surface area (Å²) in [7, 11) is 0. The van der Waals surface area contributed by atoms with Crippen LogP contribution < -0.4 is 5.32 Å². The Morgan fingerprint density at radius 2 is 0.650 bits per heavy atom. The van der Waals surface area contributed by atoms with Crippen molar-refractivity contribution in [1.82, 2.24) is 5.32 Å². The molecule has 0 aromatic rings. The molecule has 6 heteroatoms. The Labute approximate surface area is 501 Å². The Balaban J connectivity index is 3.36. The van der Waals surface area contributed by atoms with E-state index in [9.17, 15) is 19.8 Å². The van der Waals surface area contributed by atoms with Gasteiger partial charge in [0, 0.05) is 12.8 Å². The molecule has 0 aromatic heterocycles. The quantitative estimate of drug-likeness (QED) is 0.0320. The van der Waals surface area contributed by atoms with Gasteiger partial charge in [-0.05, 0) is 51.4 Å². The molecule has 0 bridgehead atoms. The maximum absolute atomic E-state index is 12.6. The maximum Gasteiger partial charge on any atom is 0.305 e. The zero-order chi connectivity index (χ0) is 57.8. The van der Waals surface area contributed by atoms with Crippen LogP contribution in [0.3, 0.4) is 0 Å². The average molecular weight is 1130 g/mol. The number of esters is 1. The van der Waals surface area contributed by atoms with Crippen LogP contribution in [0.15, 0.2) is 24.3 Å². The fraction of sp³-hybridized carbons (Fsp3) is 0.919. The van der Waals surface area contributed by atoms with E-state index < -0.39 is 12.1 Å². The summed E-state index contributed by atoms with van der Waals surface area (Å²) in [6, 6.07) is -0.540.